The van der Waals surface area contributed by atoms with E-state index in [1.165, 1.54) is 29.3 Å². The smallest absolute Gasteiger partial charge is 0.230 e. The first-order valence-corrected chi connectivity index (χ1v) is 9.80. The van der Waals surface area contributed by atoms with Crippen molar-refractivity contribution in [2.75, 3.05) is 18.7 Å². The summed E-state index contributed by atoms with van der Waals surface area (Å²) in [6, 6.07) is 7.59. The van der Waals surface area contributed by atoms with Crippen molar-refractivity contribution in [3.05, 3.63) is 24.3 Å². The second-order valence-electron chi connectivity index (χ2n) is 6.16. The Labute approximate surface area is 158 Å². The first-order chi connectivity index (χ1) is 12.5. The molecular weight excluding hydrogens is 350 g/mol. The molecule has 8 heteroatoms. The van der Waals surface area contributed by atoms with Gasteiger partial charge in [-0.15, -0.1) is 10.2 Å². The number of methoxy groups -OCH3 is 1. The molecule has 0 aliphatic carbocycles. The molecule has 26 heavy (non-hydrogen) atoms. The Hall–Kier alpha value is -2.22. The van der Waals surface area contributed by atoms with Crippen molar-refractivity contribution in [2.45, 2.75) is 50.7 Å². The average molecular weight is 378 g/mol. The van der Waals surface area contributed by atoms with Gasteiger partial charge in [-0.2, -0.15) is 0 Å². The highest BCUT2D eigenvalue weighted by Crippen LogP contribution is 2.23. The molecule has 0 unspecified atom stereocenters. The number of nitrogens with two attached hydrogens (primary N) is 1. The Morgan fingerprint density at radius 3 is 2.69 bits per heavy atom. The van der Waals surface area contributed by atoms with Crippen LogP contribution >= 0.6 is 11.8 Å². The topological polar surface area (TPSA) is 95.1 Å². The summed E-state index contributed by atoms with van der Waals surface area (Å²) in [5.41, 5.74) is 0.835. The van der Waals surface area contributed by atoms with Gasteiger partial charge >= 0.3 is 0 Å². The van der Waals surface area contributed by atoms with Crippen LogP contribution in [0.4, 0.5) is 0 Å². The lowest BCUT2D eigenvalue weighted by Gasteiger charge is -2.13. The van der Waals surface area contributed by atoms with E-state index in [0.29, 0.717) is 11.0 Å². The molecule has 1 aromatic carbocycles. The summed E-state index contributed by atoms with van der Waals surface area (Å²) >= 11 is 1.28. The fourth-order valence-corrected chi connectivity index (χ4v) is 3.20. The molecular formula is C18H27N5O2S. The van der Waals surface area contributed by atoms with Crippen molar-refractivity contribution in [3.8, 4) is 17.1 Å². The van der Waals surface area contributed by atoms with Crippen LogP contribution in [-0.2, 0) is 4.79 Å². The molecule has 0 saturated carbocycles. The van der Waals surface area contributed by atoms with Gasteiger partial charge in [-0.1, -0.05) is 37.9 Å². The van der Waals surface area contributed by atoms with Gasteiger partial charge in [0.05, 0.1) is 12.9 Å². The van der Waals surface area contributed by atoms with Crippen LogP contribution in [0.15, 0.2) is 29.4 Å². The molecule has 0 radical (unpaired) electrons. The van der Waals surface area contributed by atoms with Crippen molar-refractivity contribution in [2.24, 2.45) is 0 Å². The number of nitrogen functional groups attached to an aromatic ring is 1. The number of hydrogen-bond donors (Lipinski definition) is 2. The second-order valence-corrected chi connectivity index (χ2v) is 7.10. The van der Waals surface area contributed by atoms with Gasteiger partial charge in [0.15, 0.2) is 5.82 Å². The van der Waals surface area contributed by atoms with Crippen LogP contribution in [0.5, 0.6) is 5.75 Å². The summed E-state index contributed by atoms with van der Waals surface area (Å²) in [6.07, 6.45) is 4.50. The molecule has 0 saturated heterocycles. The molecule has 3 N–H and O–H groups in total. The minimum atomic E-state index is -0.0204. The predicted molar refractivity (Wildman–Crippen MR) is 105 cm³/mol. The maximum Gasteiger partial charge on any atom is 0.230 e. The maximum atomic E-state index is 12.1. The molecule has 1 amide bonds. The lowest BCUT2D eigenvalue weighted by molar-refractivity contribution is -0.119. The van der Waals surface area contributed by atoms with E-state index in [1.807, 2.05) is 31.2 Å². The number of amides is 1. The number of nitrogens with one attached hydrogen (secondary N) is 1. The number of ether oxygens (including phenoxy) is 1. The zero-order valence-electron chi connectivity index (χ0n) is 15.6. The Bertz CT molecular complexity index is 702. The first kappa shape index (κ1) is 20.1. The Morgan fingerprint density at radius 1 is 1.31 bits per heavy atom. The quantitative estimate of drug-likeness (QED) is 0.376. The standard InChI is InChI=1S/C18H27N5O2S/c1-4-5-6-7-13(2)20-16(24)12-26-18-22-21-17(23(18)19)14-8-10-15(25-3)11-9-14/h8-11,13H,4-7,12,19H2,1-3H3,(H,20,24)/t13-/m1/s1. The fourth-order valence-electron chi connectivity index (χ4n) is 2.53. The molecule has 1 aromatic heterocycles. The minimum absolute atomic E-state index is 0.0204. The Morgan fingerprint density at radius 2 is 2.04 bits per heavy atom. The van der Waals surface area contributed by atoms with Crippen LogP contribution in [0, 0.1) is 0 Å². The molecule has 1 heterocycles. The monoisotopic (exact) mass is 377 g/mol. The highest BCUT2D eigenvalue weighted by atomic mass is 32.2. The van der Waals surface area contributed by atoms with E-state index in [-0.39, 0.29) is 17.7 Å². The van der Waals surface area contributed by atoms with E-state index in [0.717, 1.165) is 24.2 Å². The number of carbonyl (C=O) groups excluding carboxylic acids is 1. The van der Waals surface area contributed by atoms with Crippen LogP contribution in [-0.4, -0.2) is 39.7 Å². The van der Waals surface area contributed by atoms with Gasteiger partial charge in [0.1, 0.15) is 5.75 Å². The molecule has 0 fully saturated rings. The second kappa shape index (κ2) is 10.1. The molecule has 1 atom stereocenters. The molecule has 0 aliphatic rings. The summed E-state index contributed by atoms with van der Waals surface area (Å²) in [4.78, 5) is 12.1. The summed E-state index contributed by atoms with van der Waals surface area (Å²) in [5, 5.41) is 11.7. The highest BCUT2D eigenvalue weighted by molar-refractivity contribution is 7.99. The lowest BCUT2D eigenvalue weighted by atomic mass is 10.1. The average Bonchev–Trinajstić information content (AvgIpc) is 3.01. The Kier molecular flexibility index (Phi) is 7.77. The number of hydrogen-bond acceptors (Lipinski definition) is 6. The number of rotatable bonds is 10. The zero-order valence-corrected chi connectivity index (χ0v) is 16.4. The molecule has 0 aliphatic heterocycles. The summed E-state index contributed by atoms with van der Waals surface area (Å²) in [5.74, 6) is 7.63. The third kappa shape index (κ3) is 5.66. The number of carbonyl (C=O) groups is 1. The molecule has 0 spiro atoms. The highest BCUT2D eigenvalue weighted by Gasteiger charge is 2.14. The normalized spacial score (nSPS) is 12.0. The summed E-state index contributed by atoms with van der Waals surface area (Å²) in [7, 11) is 1.62. The number of aromatic nitrogens is 3. The van der Waals surface area contributed by atoms with Gasteiger partial charge in [0.25, 0.3) is 0 Å². The van der Waals surface area contributed by atoms with Crippen LogP contribution in [0.3, 0.4) is 0 Å². The molecule has 142 valence electrons. The van der Waals surface area contributed by atoms with Gasteiger partial charge in [-0.3, -0.25) is 4.79 Å². The van der Waals surface area contributed by atoms with Crippen LogP contribution in [0.2, 0.25) is 0 Å². The van der Waals surface area contributed by atoms with Gasteiger partial charge in [-0.05, 0) is 37.6 Å². The zero-order chi connectivity index (χ0) is 18.9. The van der Waals surface area contributed by atoms with Gasteiger partial charge in [-0.25, -0.2) is 4.68 Å². The molecule has 0 bridgehead atoms. The van der Waals surface area contributed by atoms with Crippen LogP contribution < -0.4 is 15.9 Å². The third-order valence-electron chi connectivity index (χ3n) is 3.99. The first-order valence-electron chi connectivity index (χ1n) is 8.82. The van der Waals surface area contributed by atoms with E-state index >= 15 is 0 Å². The van der Waals surface area contributed by atoms with E-state index in [1.54, 1.807) is 7.11 Å². The van der Waals surface area contributed by atoms with Crippen LogP contribution in [0.25, 0.3) is 11.4 Å². The third-order valence-corrected chi connectivity index (χ3v) is 4.94. The molecule has 2 aromatic rings. The van der Waals surface area contributed by atoms with E-state index in [2.05, 4.69) is 22.4 Å². The maximum absolute atomic E-state index is 12.1. The number of nitrogens with zero attached hydrogens (tertiary/aromatic N) is 3. The van der Waals surface area contributed by atoms with Crippen LogP contribution in [0.1, 0.15) is 39.5 Å². The number of benzene rings is 1. The van der Waals surface area contributed by atoms with E-state index in [9.17, 15) is 4.79 Å². The van der Waals surface area contributed by atoms with Gasteiger partial charge < -0.3 is 15.9 Å². The van der Waals surface area contributed by atoms with Gasteiger partial charge in [0.2, 0.25) is 11.1 Å². The molecule has 7 nitrogen and oxygen atoms in total. The van der Waals surface area contributed by atoms with E-state index < -0.39 is 0 Å². The van der Waals surface area contributed by atoms with Crippen molar-refractivity contribution in [1.82, 2.24) is 20.2 Å². The summed E-state index contributed by atoms with van der Waals surface area (Å²) < 4.78 is 6.55. The van der Waals surface area contributed by atoms with E-state index in [4.69, 9.17) is 10.6 Å². The fraction of sp³-hybridized carbons (Fsp3) is 0.500. The SMILES string of the molecule is CCCCC[C@@H](C)NC(=O)CSc1nnc(-c2ccc(OC)cc2)n1N. The molecule has 2 rings (SSSR count). The largest absolute Gasteiger partial charge is 0.497 e. The Balaban J connectivity index is 1.88. The minimum Gasteiger partial charge on any atom is -0.497 e. The van der Waals surface area contributed by atoms with Crippen molar-refractivity contribution in [3.63, 3.8) is 0 Å². The summed E-state index contributed by atoms with van der Waals surface area (Å²) in [6.45, 7) is 4.20. The predicted octanol–water partition coefficient (Wildman–Crippen LogP) is 2.84. The number of thioether (sulfide) groups is 1. The lowest BCUT2D eigenvalue weighted by Crippen LogP contribution is -2.33. The van der Waals surface area contributed by atoms with Crippen molar-refractivity contribution < 1.29 is 9.53 Å². The van der Waals surface area contributed by atoms with Crippen molar-refractivity contribution in [1.29, 1.82) is 0 Å². The van der Waals surface area contributed by atoms with Crippen molar-refractivity contribution >= 4 is 17.7 Å². The van der Waals surface area contributed by atoms with Gasteiger partial charge in [0, 0.05) is 11.6 Å². The number of unbranched alkanes of at least 4 members (excludes halogenated alkanes) is 2.